The summed E-state index contributed by atoms with van der Waals surface area (Å²) in [6, 6.07) is 0. The molecule has 0 aromatic carbocycles. The molecule has 3 heteroatoms. The number of methoxy groups -OCH3 is 1. The Morgan fingerprint density at radius 2 is 1.94 bits per heavy atom. The Balaban J connectivity index is 1.84. The summed E-state index contributed by atoms with van der Waals surface area (Å²) in [4.78, 5) is 2.65. The van der Waals surface area contributed by atoms with Gasteiger partial charge in [-0.3, -0.25) is 4.90 Å². The van der Waals surface area contributed by atoms with Gasteiger partial charge in [-0.25, -0.2) is 0 Å². The van der Waals surface area contributed by atoms with Gasteiger partial charge in [0.05, 0.1) is 0 Å². The molecule has 1 saturated carbocycles. The van der Waals surface area contributed by atoms with Crippen molar-refractivity contribution >= 4 is 0 Å². The largest absolute Gasteiger partial charge is 0.384 e. The molecular weight excluding hydrogens is 200 g/mol. The summed E-state index contributed by atoms with van der Waals surface area (Å²) in [5.41, 5.74) is 6.35. The van der Waals surface area contributed by atoms with Crippen LogP contribution in [0.3, 0.4) is 0 Å². The van der Waals surface area contributed by atoms with Crippen molar-refractivity contribution in [2.45, 2.75) is 38.1 Å². The smallest absolute Gasteiger partial charge is 0.0491 e. The molecule has 0 bridgehead atoms. The quantitative estimate of drug-likeness (QED) is 0.789. The van der Waals surface area contributed by atoms with Gasteiger partial charge in [-0.05, 0) is 50.6 Å². The number of likely N-dealkylation sites (tertiary alicyclic amines) is 1. The molecule has 94 valence electrons. The third-order valence-electron chi connectivity index (χ3n) is 4.52. The molecule has 0 radical (unpaired) electrons. The van der Waals surface area contributed by atoms with Crippen LogP contribution >= 0.6 is 0 Å². The van der Waals surface area contributed by atoms with Gasteiger partial charge in [-0.2, -0.15) is 0 Å². The lowest BCUT2D eigenvalue weighted by Crippen LogP contribution is -2.62. The molecule has 0 amide bonds. The average molecular weight is 226 g/mol. The predicted molar refractivity (Wildman–Crippen MR) is 66.4 cm³/mol. The molecule has 2 N–H and O–H groups in total. The lowest BCUT2D eigenvalue weighted by Gasteiger charge is -2.55. The molecule has 0 aromatic rings. The molecule has 0 atom stereocenters. The van der Waals surface area contributed by atoms with Gasteiger partial charge in [0.1, 0.15) is 0 Å². The molecule has 0 aromatic heterocycles. The molecule has 16 heavy (non-hydrogen) atoms. The summed E-state index contributed by atoms with van der Waals surface area (Å²) in [6.45, 7) is 6.55. The summed E-state index contributed by atoms with van der Waals surface area (Å²) in [7, 11) is 1.81. The Morgan fingerprint density at radius 3 is 2.38 bits per heavy atom. The van der Waals surface area contributed by atoms with Crippen LogP contribution in [-0.4, -0.2) is 43.8 Å². The third kappa shape index (κ3) is 2.27. The van der Waals surface area contributed by atoms with Crippen molar-refractivity contribution < 1.29 is 4.74 Å². The van der Waals surface area contributed by atoms with Crippen LogP contribution in [0.1, 0.15) is 32.6 Å². The second-order valence-corrected chi connectivity index (χ2v) is 5.83. The van der Waals surface area contributed by atoms with Gasteiger partial charge in [-0.1, -0.05) is 6.92 Å². The van der Waals surface area contributed by atoms with Crippen molar-refractivity contribution in [1.29, 1.82) is 0 Å². The monoisotopic (exact) mass is 226 g/mol. The maximum absolute atomic E-state index is 5.99. The first-order valence-corrected chi connectivity index (χ1v) is 6.64. The molecule has 2 rings (SSSR count). The highest BCUT2D eigenvalue weighted by Crippen LogP contribution is 2.43. The van der Waals surface area contributed by atoms with E-state index in [2.05, 4.69) is 11.8 Å². The third-order valence-corrected chi connectivity index (χ3v) is 4.52. The van der Waals surface area contributed by atoms with Crippen LogP contribution in [0.25, 0.3) is 0 Å². The maximum Gasteiger partial charge on any atom is 0.0491 e. The molecule has 1 aliphatic heterocycles. The van der Waals surface area contributed by atoms with Gasteiger partial charge in [0.15, 0.2) is 0 Å². The van der Waals surface area contributed by atoms with Crippen LogP contribution in [0.4, 0.5) is 0 Å². The molecule has 2 fully saturated rings. The Kier molecular flexibility index (Phi) is 3.88. The van der Waals surface area contributed by atoms with Crippen LogP contribution in [0.15, 0.2) is 0 Å². The van der Waals surface area contributed by atoms with Gasteiger partial charge in [0, 0.05) is 25.8 Å². The summed E-state index contributed by atoms with van der Waals surface area (Å²) in [5.74, 6) is 1.65. The molecule has 1 saturated heterocycles. The van der Waals surface area contributed by atoms with Crippen molar-refractivity contribution in [3.8, 4) is 0 Å². The summed E-state index contributed by atoms with van der Waals surface area (Å²) >= 11 is 0. The molecule has 2 aliphatic rings. The van der Waals surface area contributed by atoms with E-state index in [4.69, 9.17) is 10.5 Å². The van der Waals surface area contributed by atoms with Crippen LogP contribution < -0.4 is 5.73 Å². The highest BCUT2D eigenvalue weighted by molar-refractivity contribution is 5.03. The minimum atomic E-state index is 0.359. The van der Waals surface area contributed by atoms with Gasteiger partial charge in [0.25, 0.3) is 0 Å². The van der Waals surface area contributed by atoms with E-state index in [1.165, 1.54) is 38.8 Å². The minimum Gasteiger partial charge on any atom is -0.384 e. The molecule has 1 heterocycles. The fraction of sp³-hybridized carbons (Fsp3) is 1.00. The van der Waals surface area contributed by atoms with Gasteiger partial charge < -0.3 is 10.5 Å². The first kappa shape index (κ1) is 12.3. The zero-order valence-corrected chi connectivity index (χ0v) is 10.7. The molecule has 3 nitrogen and oxygen atoms in total. The molecule has 0 spiro atoms. The van der Waals surface area contributed by atoms with Crippen molar-refractivity contribution in [3.05, 3.63) is 0 Å². The number of ether oxygens (including phenoxy) is 1. The highest BCUT2D eigenvalue weighted by Gasteiger charge is 2.46. The van der Waals surface area contributed by atoms with Crippen LogP contribution in [0.5, 0.6) is 0 Å². The minimum absolute atomic E-state index is 0.359. The van der Waals surface area contributed by atoms with Crippen LogP contribution in [0.2, 0.25) is 0 Å². The summed E-state index contributed by atoms with van der Waals surface area (Å²) in [5, 5.41) is 0. The van der Waals surface area contributed by atoms with Crippen LogP contribution in [0, 0.1) is 11.8 Å². The van der Waals surface area contributed by atoms with Crippen molar-refractivity contribution in [2.24, 2.45) is 17.6 Å². The number of rotatable bonds is 4. The highest BCUT2D eigenvalue weighted by atomic mass is 16.5. The van der Waals surface area contributed by atoms with E-state index in [0.29, 0.717) is 5.54 Å². The van der Waals surface area contributed by atoms with Gasteiger partial charge in [-0.15, -0.1) is 0 Å². The second-order valence-electron chi connectivity index (χ2n) is 5.83. The van der Waals surface area contributed by atoms with Crippen molar-refractivity contribution in [3.63, 3.8) is 0 Å². The fourth-order valence-electron chi connectivity index (χ4n) is 3.60. The zero-order valence-electron chi connectivity index (χ0n) is 10.7. The standard InChI is InChI=1S/C13H26N2O/c1-11-7-13(8-11,10-14)15-5-3-12(4-6-15)9-16-2/h11-12H,3-10,14H2,1-2H3. The van der Waals surface area contributed by atoms with E-state index in [1.807, 2.05) is 0 Å². The van der Waals surface area contributed by atoms with E-state index in [0.717, 1.165) is 25.0 Å². The second kappa shape index (κ2) is 5.03. The average Bonchev–Trinajstić information content (AvgIpc) is 2.26. The number of nitrogens with two attached hydrogens (primary N) is 1. The number of hydrogen-bond donors (Lipinski definition) is 1. The van der Waals surface area contributed by atoms with Gasteiger partial charge >= 0.3 is 0 Å². The first-order valence-electron chi connectivity index (χ1n) is 6.64. The maximum atomic E-state index is 5.99. The van der Waals surface area contributed by atoms with E-state index in [-0.39, 0.29) is 0 Å². The van der Waals surface area contributed by atoms with Crippen molar-refractivity contribution in [2.75, 3.05) is 33.4 Å². The SMILES string of the molecule is COCC1CCN(C2(CN)CC(C)C2)CC1. The van der Waals surface area contributed by atoms with Crippen LogP contribution in [-0.2, 0) is 4.74 Å². The normalized spacial score (nSPS) is 37.3. The molecule has 0 unspecified atom stereocenters. The summed E-state index contributed by atoms with van der Waals surface area (Å²) < 4.78 is 5.24. The summed E-state index contributed by atoms with van der Waals surface area (Å²) in [6.07, 6.45) is 5.17. The number of piperidine rings is 1. The van der Waals surface area contributed by atoms with E-state index < -0.39 is 0 Å². The molecular formula is C13H26N2O. The topological polar surface area (TPSA) is 38.5 Å². The fourth-order valence-corrected chi connectivity index (χ4v) is 3.60. The number of nitrogens with zero attached hydrogens (tertiary/aromatic N) is 1. The molecule has 1 aliphatic carbocycles. The number of hydrogen-bond acceptors (Lipinski definition) is 3. The van der Waals surface area contributed by atoms with E-state index >= 15 is 0 Å². The van der Waals surface area contributed by atoms with E-state index in [1.54, 1.807) is 7.11 Å². The Bertz CT molecular complexity index is 218. The van der Waals surface area contributed by atoms with E-state index in [9.17, 15) is 0 Å². The lowest BCUT2D eigenvalue weighted by molar-refractivity contribution is -0.0384. The van der Waals surface area contributed by atoms with Gasteiger partial charge in [0.2, 0.25) is 0 Å². The first-order chi connectivity index (χ1) is 7.70. The Hall–Kier alpha value is -0.120. The van der Waals surface area contributed by atoms with Crippen molar-refractivity contribution in [1.82, 2.24) is 4.90 Å². The Morgan fingerprint density at radius 1 is 1.31 bits per heavy atom. The lowest BCUT2D eigenvalue weighted by atomic mass is 9.67. The zero-order chi connectivity index (χ0) is 11.6. The Labute approximate surface area is 99.3 Å². The predicted octanol–water partition coefficient (Wildman–Crippen LogP) is 1.47.